The van der Waals surface area contributed by atoms with Crippen molar-refractivity contribution in [2.24, 2.45) is 0 Å². The van der Waals surface area contributed by atoms with E-state index in [9.17, 15) is 0 Å². The molecule has 0 bridgehead atoms. The summed E-state index contributed by atoms with van der Waals surface area (Å²) >= 11 is 3.59. The third-order valence-electron chi connectivity index (χ3n) is 3.39. The molecule has 1 heterocycles. The number of methoxy groups -OCH3 is 1. The summed E-state index contributed by atoms with van der Waals surface area (Å²) in [5, 5.41) is 7.76. The van der Waals surface area contributed by atoms with E-state index in [-0.39, 0.29) is 6.04 Å². The third-order valence-corrected chi connectivity index (χ3v) is 4.00. The molecule has 0 aliphatic heterocycles. The fourth-order valence-corrected chi connectivity index (χ4v) is 2.91. The van der Waals surface area contributed by atoms with E-state index in [1.165, 1.54) is 11.3 Å². The van der Waals surface area contributed by atoms with Crippen LogP contribution in [-0.2, 0) is 13.0 Å². The molecule has 5 heteroatoms. The van der Waals surface area contributed by atoms with Gasteiger partial charge in [-0.3, -0.25) is 4.68 Å². The highest BCUT2D eigenvalue weighted by molar-refractivity contribution is 9.10. The molecule has 1 aromatic carbocycles. The second-order valence-electron chi connectivity index (χ2n) is 4.59. The average molecular weight is 338 g/mol. The summed E-state index contributed by atoms with van der Waals surface area (Å²) in [6, 6.07) is 8.38. The van der Waals surface area contributed by atoms with E-state index in [2.05, 4.69) is 45.4 Å². The van der Waals surface area contributed by atoms with E-state index >= 15 is 0 Å². The van der Waals surface area contributed by atoms with Crippen molar-refractivity contribution in [1.82, 2.24) is 15.1 Å². The first-order valence-corrected chi connectivity index (χ1v) is 7.50. The lowest BCUT2D eigenvalue weighted by atomic mass is 10.0. The molecule has 0 amide bonds. The maximum Gasteiger partial charge on any atom is 0.119 e. The maximum absolute atomic E-state index is 5.28. The number of hydrogen-bond acceptors (Lipinski definition) is 3. The monoisotopic (exact) mass is 337 g/mol. The number of nitrogens with zero attached hydrogens (tertiary/aromatic N) is 2. The Morgan fingerprint density at radius 1 is 1.45 bits per heavy atom. The zero-order valence-electron chi connectivity index (χ0n) is 12.1. The van der Waals surface area contributed by atoms with Crippen LogP contribution in [0.25, 0.3) is 0 Å². The molecule has 0 spiro atoms. The van der Waals surface area contributed by atoms with Crippen LogP contribution in [0.15, 0.2) is 34.9 Å². The quantitative estimate of drug-likeness (QED) is 0.879. The van der Waals surface area contributed by atoms with Crippen molar-refractivity contribution in [1.29, 1.82) is 0 Å². The van der Waals surface area contributed by atoms with Gasteiger partial charge in [0.25, 0.3) is 0 Å². The number of hydrogen-bond donors (Lipinski definition) is 1. The largest absolute Gasteiger partial charge is 0.497 e. The van der Waals surface area contributed by atoms with Gasteiger partial charge in [0.15, 0.2) is 0 Å². The second-order valence-corrected chi connectivity index (χ2v) is 5.44. The van der Waals surface area contributed by atoms with Gasteiger partial charge in [-0.15, -0.1) is 0 Å². The van der Waals surface area contributed by atoms with Gasteiger partial charge in [0.2, 0.25) is 0 Å². The van der Waals surface area contributed by atoms with Crippen molar-refractivity contribution in [2.45, 2.75) is 25.9 Å². The molecular weight excluding hydrogens is 318 g/mol. The average Bonchev–Trinajstić information content (AvgIpc) is 2.86. The van der Waals surface area contributed by atoms with Crippen molar-refractivity contribution in [3.8, 4) is 5.75 Å². The van der Waals surface area contributed by atoms with Crippen LogP contribution in [0.1, 0.15) is 24.2 Å². The molecule has 1 atom stereocenters. The van der Waals surface area contributed by atoms with Crippen molar-refractivity contribution in [2.75, 3.05) is 14.2 Å². The van der Waals surface area contributed by atoms with Gasteiger partial charge in [-0.2, -0.15) is 5.10 Å². The molecule has 0 fully saturated rings. The van der Waals surface area contributed by atoms with Gasteiger partial charge in [-0.25, -0.2) is 0 Å². The maximum atomic E-state index is 5.28. The summed E-state index contributed by atoms with van der Waals surface area (Å²) in [7, 11) is 3.67. The Hall–Kier alpha value is -1.33. The number of ether oxygens (including phenoxy) is 1. The van der Waals surface area contributed by atoms with Crippen molar-refractivity contribution in [3.63, 3.8) is 0 Å². The molecule has 2 aromatic rings. The van der Waals surface area contributed by atoms with Gasteiger partial charge < -0.3 is 10.1 Å². The number of aromatic nitrogens is 2. The van der Waals surface area contributed by atoms with Gasteiger partial charge in [-0.1, -0.05) is 12.1 Å². The van der Waals surface area contributed by atoms with E-state index in [1.54, 1.807) is 7.11 Å². The third kappa shape index (κ3) is 3.22. The van der Waals surface area contributed by atoms with Crippen LogP contribution >= 0.6 is 15.9 Å². The van der Waals surface area contributed by atoms with Crippen molar-refractivity contribution < 1.29 is 4.74 Å². The van der Waals surface area contributed by atoms with E-state index in [1.807, 2.05) is 30.1 Å². The predicted molar refractivity (Wildman–Crippen MR) is 84.1 cm³/mol. The highest BCUT2D eigenvalue weighted by atomic mass is 79.9. The molecule has 0 saturated carbocycles. The van der Waals surface area contributed by atoms with E-state index in [0.717, 1.165) is 23.2 Å². The first-order valence-electron chi connectivity index (χ1n) is 6.71. The summed E-state index contributed by atoms with van der Waals surface area (Å²) in [6.07, 6.45) is 2.74. The summed E-state index contributed by atoms with van der Waals surface area (Å²) in [5.41, 5.74) is 2.41. The lowest BCUT2D eigenvalue weighted by Crippen LogP contribution is -2.22. The minimum absolute atomic E-state index is 0.207. The summed E-state index contributed by atoms with van der Waals surface area (Å²) < 4.78 is 8.34. The number of nitrogens with one attached hydrogen (secondary N) is 1. The molecule has 1 N–H and O–H groups in total. The van der Waals surface area contributed by atoms with Crippen LogP contribution in [0.5, 0.6) is 5.75 Å². The lowest BCUT2D eigenvalue weighted by Gasteiger charge is -2.18. The Kier molecular flexibility index (Phi) is 5.20. The molecular formula is C15H20BrN3O. The lowest BCUT2D eigenvalue weighted by molar-refractivity contribution is 0.413. The molecule has 0 aliphatic rings. The summed E-state index contributed by atoms with van der Waals surface area (Å²) in [6.45, 7) is 2.96. The fraction of sp³-hybridized carbons (Fsp3) is 0.400. The zero-order valence-corrected chi connectivity index (χ0v) is 13.6. The minimum Gasteiger partial charge on any atom is -0.497 e. The van der Waals surface area contributed by atoms with Gasteiger partial charge in [0.1, 0.15) is 5.75 Å². The Morgan fingerprint density at radius 3 is 2.90 bits per heavy atom. The molecule has 2 rings (SSSR count). The molecule has 108 valence electrons. The predicted octanol–water partition coefficient (Wildman–Crippen LogP) is 3.18. The first-order chi connectivity index (χ1) is 9.69. The van der Waals surface area contributed by atoms with E-state index < -0.39 is 0 Å². The second kappa shape index (κ2) is 6.90. The van der Waals surface area contributed by atoms with Gasteiger partial charge >= 0.3 is 0 Å². The first kappa shape index (κ1) is 15.1. The molecule has 20 heavy (non-hydrogen) atoms. The van der Waals surface area contributed by atoms with Crippen LogP contribution < -0.4 is 10.1 Å². The zero-order chi connectivity index (χ0) is 14.5. The molecule has 0 saturated heterocycles. The topological polar surface area (TPSA) is 39.1 Å². The fourth-order valence-electron chi connectivity index (χ4n) is 2.34. The van der Waals surface area contributed by atoms with E-state index in [4.69, 9.17) is 4.74 Å². The number of halogens is 1. The van der Waals surface area contributed by atoms with Crippen molar-refractivity contribution in [3.05, 3.63) is 46.2 Å². The molecule has 0 radical (unpaired) electrons. The summed E-state index contributed by atoms with van der Waals surface area (Å²) in [4.78, 5) is 0. The SMILES string of the molecule is CCn1ncc(Br)c1C(Cc1cccc(OC)c1)NC. The van der Waals surface area contributed by atoms with Crippen LogP contribution in [0.4, 0.5) is 0 Å². The Labute approximate surface area is 128 Å². The molecule has 4 nitrogen and oxygen atoms in total. The number of likely N-dealkylation sites (N-methyl/N-ethyl adjacent to an activating group) is 1. The molecule has 0 aliphatic carbocycles. The standard InChI is InChI=1S/C15H20BrN3O/c1-4-19-15(13(16)10-18-19)14(17-2)9-11-6-5-7-12(8-11)20-3/h5-8,10,14,17H,4,9H2,1-3H3. The van der Waals surface area contributed by atoms with Gasteiger partial charge in [0, 0.05) is 6.54 Å². The van der Waals surface area contributed by atoms with Gasteiger partial charge in [-0.05, 0) is 54.0 Å². The smallest absolute Gasteiger partial charge is 0.119 e. The number of aryl methyl sites for hydroxylation is 1. The van der Waals surface area contributed by atoms with Crippen LogP contribution in [0, 0.1) is 0 Å². The highest BCUT2D eigenvalue weighted by Gasteiger charge is 2.18. The molecule has 1 unspecified atom stereocenters. The Bertz CT molecular complexity index is 568. The highest BCUT2D eigenvalue weighted by Crippen LogP contribution is 2.27. The Morgan fingerprint density at radius 2 is 2.25 bits per heavy atom. The van der Waals surface area contributed by atoms with Crippen molar-refractivity contribution >= 4 is 15.9 Å². The van der Waals surface area contributed by atoms with E-state index in [0.29, 0.717) is 0 Å². The number of benzene rings is 1. The van der Waals surface area contributed by atoms with Crippen LogP contribution in [-0.4, -0.2) is 23.9 Å². The van der Waals surface area contributed by atoms with Gasteiger partial charge in [0.05, 0.1) is 29.5 Å². The summed E-state index contributed by atoms with van der Waals surface area (Å²) in [5.74, 6) is 0.889. The molecule has 1 aromatic heterocycles. The Balaban J connectivity index is 2.26. The normalized spacial score (nSPS) is 12.4. The van der Waals surface area contributed by atoms with Crippen LogP contribution in [0.2, 0.25) is 0 Å². The number of rotatable bonds is 6. The van der Waals surface area contributed by atoms with Crippen LogP contribution in [0.3, 0.4) is 0 Å². The minimum atomic E-state index is 0.207.